The minimum atomic E-state index is -0.420. The number of Topliss-reactive ketones (excluding diaryl/α,β-unsaturated/α-hetero) is 1. The molecule has 2 unspecified atom stereocenters. The first-order valence-electron chi connectivity index (χ1n) is 10.0. The summed E-state index contributed by atoms with van der Waals surface area (Å²) in [7, 11) is 0. The molecule has 0 saturated carbocycles. The fraction of sp³-hybridized carbons (Fsp3) is 0.160. The maximum Gasteiger partial charge on any atom is 0.163 e. The zero-order chi connectivity index (χ0) is 20.7. The first kappa shape index (κ1) is 18.8. The van der Waals surface area contributed by atoms with Gasteiger partial charge in [0.05, 0.1) is 17.4 Å². The van der Waals surface area contributed by atoms with Gasteiger partial charge in [-0.3, -0.25) is 4.79 Å². The summed E-state index contributed by atoms with van der Waals surface area (Å²) < 4.78 is 0. The van der Waals surface area contributed by atoms with Crippen LogP contribution >= 0.6 is 11.6 Å². The van der Waals surface area contributed by atoms with Crippen LogP contribution in [0.25, 0.3) is 0 Å². The molecule has 3 aromatic carbocycles. The third kappa shape index (κ3) is 3.33. The summed E-state index contributed by atoms with van der Waals surface area (Å²) in [5.41, 5.74) is 5.21. The minimum absolute atomic E-state index is 0.0799. The van der Waals surface area contributed by atoms with E-state index in [4.69, 9.17) is 11.6 Å². The molecule has 0 amide bonds. The van der Waals surface area contributed by atoms with Crippen molar-refractivity contribution in [3.63, 3.8) is 0 Å². The molecule has 0 bridgehead atoms. The lowest BCUT2D eigenvalue weighted by Crippen LogP contribution is -2.26. The molecule has 4 nitrogen and oxygen atoms in total. The molecule has 3 aromatic rings. The van der Waals surface area contributed by atoms with Gasteiger partial charge in [-0.1, -0.05) is 54.1 Å². The summed E-state index contributed by atoms with van der Waals surface area (Å²) in [4.78, 5) is 13.4. The van der Waals surface area contributed by atoms with E-state index in [0.717, 1.165) is 22.6 Å². The summed E-state index contributed by atoms with van der Waals surface area (Å²) in [6, 6.07) is 22.4. The van der Waals surface area contributed by atoms with E-state index in [9.17, 15) is 9.90 Å². The zero-order valence-corrected chi connectivity index (χ0v) is 17.0. The molecule has 1 aliphatic heterocycles. The van der Waals surface area contributed by atoms with Crippen molar-refractivity contribution >= 4 is 28.8 Å². The Kier molecular flexibility index (Phi) is 4.72. The molecule has 1 aliphatic carbocycles. The van der Waals surface area contributed by atoms with Gasteiger partial charge in [0.1, 0.15) is 5.75 Å². The Bertz CT molecular complexity index is 1150. The monoisotopic (exact) mass is 416 g/mol. The van der Waals surface area contributed by atoms with Crippen LogP contribution in [0.4, 0.5) is 11.4 Å². The average molecular weight is 417 g/mol. The van der Waals surface area contributed by atoms with Crippen molar-refractivity contribution in [3.05, 3.63) is 100 Å². The molecule has 1 heterocycles. The minimum Gasteiger partial charge on any atom is -0.508 e. The molecule has 3 N–H and O–H groups in total. The number of hydrogen-bond acceptors (Lipinski definition) is 4. The van der Waals surface area contributed by atoms with Crippen LogP contribution in [0.1, 0.15) is 35.9 Å². The molecule has 0 radical (unpaired) electrons. The third-order valence-corrected chi connectivity index (χ3v) is 6.15. The number of para-hydroxylation sites is 3. The Balaban J connectivity index is 1.62. The van der Waals surface area contributed by atoms with Gasteiger partial charge in [-0.15, -0.1) is 0 Å². The lowest BCUT2D eigenvalue weighted by Gasteiger charge is -2.30. The Morgan fingerprint density at radius 3 is 2.33 bits per heavy atom. The van der Waals surface area contributed by atoms with E-state index in [2.05, 4.69) is 10.6 Å². The number of phenolic OH excluding ortho intramolecular Hbond substituents is 1. The normalized spacial score (nSPS) is 20.5. The van der Waals surface area contributed by atoms with E-state index in [0.29, 0.717) is 29.0 Å². The highest BCUT2D eigenvalue weighted by Crippen LogP contribution is 2.45. The molecule has 5 rings (SSSR count). The van der Waals surface area contributed by atoms with Gasteiger partial charge in [0.25, 0.3) is 0 Å². The average Bonchev–Trinajstić information content (AvgIpc) is 2.91. The number of aromatic hydroxyl groups is 1. The second kappa shape index (κ2) is 7.54. The van der Waals surface area contributed by atoms with Crippen molar-refractivity contribution in [3.8, 4) is 5.75 Å². The maximum atomic E-state index is 13.4. The van der Waals surface area contributed by atoms with Gasteiger partial charge in [0, 0.05) is 28.3 Å². The summed E-state index contributed by atoms with van der Waals surface area (Å²) >= 11 is 6.05. The van der Waals surface area contributed by atoms with E-state index in [1.165, 1.54) is 0 Å². The van der Waals surface area contributed by atoms with Crippen LogP contribution in [0, 0.1) is 0 Å². The SMILES string of the molecule is O=C1CC(c2ccc(Cl)cc2)CC2=C1C(c1ccccc1O)Nc1ccccc1N2. The molecule has 30 heavy (non-hydrogen) atoms. The number of rotatable bonds is 2. The van der Waals surface area contributed by atoms with Crippen molar-refractivity contribution < 1.29 is 9.90 Å². The van der Waals surface area contributed by atoms with E-state index < -0.39 is 6.04 Å². The Labute approximate surface area is 180 Å². The number of anilines is 2. The molecule has 2 aliphatic rings. The largest absolute Gasteiger partial charge is 0.508 e. The van der Waals surface area contributed by atoms with Crippen LogP contribution in [0.2, 0.25) is 5.02 Å². The second-order valence-corrected chi connectivity index (χ2v) is 8.22. The number of carbonyl (C=O) groups is 1. The first-order valence-corrected chi connectivity index (χ1v) is 10.4. The van der Waals surface area contributed by atoms with Gasteiger partial charge >= 0.3 is 0 Å². The molecule has 0 saturated heterocycles. The predicted molar refractivity (Wildman–Crippen MR) is 120 cm³/mol. The maximum absolute atomic E-state index is 13.4. The number of hydrogen-bond donors (Lipinski definition) is 3. The standard InChI is InChI=1S/C25H21ClN2O2/c26-17-11-9-15(10-12-17)16-13-21-24(23(30)14-16)25(18-5-1-4-8-22(18)29)28-20-7-3-2-6-19(20)27-21/h1-12,16,25,27-29H,13-14H2. The van der Waals surface area contributed by atoms with Gasteiger partial charge in [-0.25, -0.2) is 0 Å². The number of phenols is 1. The van der Waals surface area contributed by atoms with Gasteiger partial charge < -0.3 is 15.7 Å². The molecular formula is C25H21ClN2O2. The predicted octanol–water partition coefficient (Wildman–Crippen LogP) is 6.03. The van der Waals surface area contributed by atoms with E-state index in [1.807, 2.05) is 60.7 Å². The molecule has 150 valence electrons. The van der Waals surface area contributed by atoms with E-state index in [-0.39, 0.29) is 17.5 Å². The van der Waals surface area contributed by atoms with Gasteiger partial charge in [0.15, 0.2) is 5.78 Å². The van der Waals surface area contributed by atoms with Gasteiger partial charge in [0.2, 0.25) is 0 Å². The van der Waals surface area contributed by atoms with Crippen molar-refractivity contribution in [1.29, 1.82) is 0 Å². The summed E-state index contributed by atoms with van der Waals surface area (Å²) in [6.45, 7) is 0. The number of halogens is 1. The van der Waals surface area contributed by atoms with Crippen LogP contribution in [-0.2, 0) is 4.79 Å². The number of carbonyl (C=O) groups excluding carboxylic acids is 1. The molecular weight excluding hydrogens is 396 g/mol. The number of allylic oxidation sites excluding steroid dienone is 1. The molecule has 2 atom stereocenters. The Morgan fingerprint density at radius 1 is 0.867 bits per heavy atom. The van der Waals surface area contributed by atoms with Gasteiger partial charge in [-0.2, -0.15) is 0 Å². The number of nitrogens with one attached hydrogen (secondary N) is 2. The Morgan fingerprint density at radius 2 is 1.57 bits per heavy atom. The van der Waals surface area contributed by atoms with Crippen molar-refractivity contribution in [2.45, 2.75) is 24.8 Å². The highest BCUT2D eigenvalue weighted by atomic mass is 35.5. The molecule has 0 fully saturated rings. The third-order valence-electron chi connectivity index (χ3n) is 5.90. The fourth-order valence-corrected chi connectivity index (χ4v) is 4.55. The van der Waals surface area contributed by atoms with Crippen LogP contribution in [0.5, 0.6) is 5.75 Å². The summed E-state index contributed by atoms with van der Waals surface area (Å²) in [6.07, 6.45) is 1.13. The number of ketones is 1. The highest BCUT2D eigenvalue weighted by molar-refractivity contribution is 6.30. The fourth-order valence-electron chi connectivity index (χ4n) is 4.43. The smallest absolute Gasteiger partial charge is 0.163 e. The summed E-state index contributed by atoms with van der Waals surface area (Å²) in [5.74, 6) is 0.336. The molecule has 0 spiro atoms. The number of benzene rings is 3. The van der Waals surface area contributed by atoms with Crippen molar-refractivity contribution in [1.82, 2.24) is 0 Å². The zero-order valence-electron chi connectivity index (χ0n) is 16.2. The van der Waals surface area contributed by atoms with Crippen LogP contribution in [0.3, 0.4) is 0 Å². The van der Waals surface area contributed by atoms with Gasteiger partial charge in [-0.05, 0) is 48.2 Å². The summed E-state index contributed by atoms with van der Waals surface area (Å²) in [5, 5.41) is 18.2. The lowest BCUT2D eigenvalue weighted by molar-refractivity contribution is -0.116. The number of fused-ring (bicyclic) bond motifs is 1. The first-order chi connectivity index (χ1) is 14.6. The van der Waals surface area contributed by atoms with Crippen molar-refractivity contribution in [2.24, 2.45) is 0 Å². The van der Waals surface area contributed by atoms with Crippen molar-refractivity contribution in [2.75, 3.05) is 10.6 Å². The topological polar surface area (TPSA) is 61.4 Å². The van der Waals surface area contributed by atoms with E-state index >= 15 is 0 Å². The van der Waals surface area contributed by atoms with Crippen LogP contribution < -0.4 is 10.6 Å². The van der Waals surface area contributed by atoms with Crippen LogP contribution in [0.15, 0.2) is 84.1 Å². The van der Waals surface area contributed by atoms with E-state index in [1.54, 1.807) is 12.1 Å². The Hall–Kier alpha value is -3.24. The molecule has 0 aromatic heterocycles. The quantitative estimate of drug-likeness (QED) is 0.477. The molecule has 5 heteroatoms. The second-order valence-electron chi connectivity index (χ2n) is 7.78. The van der Waals surface area contributed by atoms with Crippen LogP contribution in [-0.4, -0.2) is 10.9 Å². The highest BCUT2D eigenvalue weighted by Gasteiger charge is 2.36. The lowest BCUT2D eigenvalue weighted by atomic mass is 9.78.